The standard InChI is InChI=1S/C33H32F2N4O3.C23H23F2N3O2.C9H10N2O2.9K.H/c1-20-16-21(28-8-3-23(19-37-28)32(41)39-14-12-33(34,35)13-15-39)2-7-25(20)30-10-6-24(42-30)5-9-29(40)27-17-26(27)22-4-11-31(36)38-18-22;1-15-12-16(2-5-19(15)21-7-4-18(13-26)30-21)20-6-3-17(14-27-20)22(29)28-10-8-23(24,25)9-11-28;10-8-2-1-5(4-11-8)6-3-7(6)9(12)13;;;;;;;;;;/h2-4,6-8,10-11,16,18-19,26-27H,5,9,12-15,17H2,1H3,(H2,36,38);2-7,12,14H,8-11,13,26H2,1H3;1-2,4,6-7H,3H2,(H2,10,11)(H,12,13);;;;;;;;;;/q;;;;;;;;;;;+1;-1. The second-order valence-electron chi connectivity index (χ2n) is 22.2. The van der Waals surface area contributed by atoms with Crippen molar-refractivity contribution in [3.8, 4) is 45.2 Å². The molecule has 7 N–H and O–H groups in total. The van der Waals surface area contributed by atoms with Crippen LogP contribution in [0.3, 0.4) is 0 Å². The summed E-state index contributed by atoms with van der Waals surface area (Å²) in [5.74, 6) is -2.24. The molecule has 6 aromatic heterocycles. The quantitative estimate of drug-likeness (QED) is 0.0716. The monoisotopic (exact) mass is 1510 g/mol. The Morgan fingerprint density at radius 2 is 0.957 bits per heavy atom. The Bertz CT molecular complexity index is 3730. The number of carboxylic acid groups (broad SMARTS) is 1. The molecule has 0 spiro atoms. The van der Waals surface area contributed by atoms with E-state index >= 15 is 0 Å². The number of nitrogens with zero attached hydrogens (tertiary/aromatic N) is 6. The second kappa shape index (κ2) is 46.3. The Morgan fingerprint density at radius 3 is 1.31 bits per heavy atom. The summed E-state index contributed by atoms with van der Waals surface area (Å²) >= 11 is 10.0. The molecular formula is C65H66F4K9N9O7. The average Bonchev–Trinajstić information content (AvgIpc) is 1.76. The van der Waals surface area contributed by atoms with Gasteiger partial charge in [0, 0.05) is 118 Å². The van der Waals surface area contributed by atoms with Crippen molar-refractivity contribution in [1.82, 2.24) is 29.7 Å². The van der Waals surface area contributed by atoms with Crippen molar-refractivity contribution in [2.45, 2.75) is 95.4 Å². The van der Waals surface area contributed by atoms with Crippen LogP contribution in [-0.2, 0) is 22.6 Å². The number of hydrogen-bond donors (Lipinski definition) is 4. The number of carbonyl (C=O) groups is 4. The Morgan fingerprint density at radius 1 is 0.553 bits per heavy atom. The SMILES string of the molecule is Cc1cc(-c2ccc(C(=O)N3CCC(F)(F)CC3)cn2)ccc1-c1ccc(CCC(=O)C2CC2c2ccc(N)nc2)o1.Cc1cc(-c2ccc(C(=O)N3CCC(F)(F)CC3)cn2)ccc1-c1ccc(CN)o1.Nc1ccc(C2CC2C(=O)O)cn1.[H-].[K+].[K][K].[K][K].[K][K].[K][K]. The van der Waals surface area contributed by atoms with E-state index in [0.29, 0.717) is 47.8 Å². The molecule has 2 saturated heterocycles. The number of likely N-dealkylation sites (tertiary alicyclic amines) is 2. The molecule has 8 aromatic rings. The number of pyridine rings is 4. The molecule has 4 aliphatic rings. The van der Waals surface area contributed by atoms with Gasteiger partial charge in [-0.2, -0.15) is 0 Å². The number of Topliss-reactive ketones (excluding diaryl/α,β-unsaturated/α-hetero) is 1. The van der Waals surface area contributed by atoms with Gasteiger partial charge in [-0.25, -0.2) is 27.5 Å². The van der Waals surface area contributed by atoms with Crippen molar-refractivity contribution < 1.29 is 103 Å². The third kappa shape index (κ3) is 28.0. The zero-order valence-electron chi connectivity index (χ0n) is 57.0. The number of furan rings is 2. The number of piperidine rings is 2. The molecule has 2 saturated carbocycles. The molecule has 2 aliphatic heterocycles. The maximum atomic E-state index is 13.4. The van der Waals surface area contributed by atoms with Crippen molar-refractivity contribution in [1.29, 1.82) is 0 Å². The van der Waals surface area contributed by atoms with E-state index in [1.54, 1.807) is 48.8 Å². The molecule has 4 atom stereocenters. The van der Waals surface area contributed by atoms with E-state index in [9.17, 15) is 36.7 Å². The first kappa shape index (κ1) is 90.3. The molecule has 4 fully saturated rings. The van der Waals surface area contributed by atoms with Gasteiger partial charge in [-0.1, -0.05) is 36.4 Å². The number of nitrogen functional groups attached to an aromatic ring is 2. The van der Waals surface area contributed by atoms with Gasteiger partial charge in [0.05, 0.1) is 35.0 Å². The number of halogens is 4. The number of carboxylic acids is 1. The normalized spacial score (nSPS) is 17.6. The number of nitrogens with two attached hydrogens (primary N) is 3. The number of carbonyl (C=O) groups excluding carboxylic acids is 3. The van der Waals surface area contributed by atoms with Gasteiger partial charge in [0.25, 0.3) is 23.7 Å². The molecule has 2 aliphatic carbocycles. The zero-order valence-corrected chi connectivity index (χ0v) is 84.1. The van der Waals surface area contributed by atoms with Crippen molar-refractivity contribution >= 4 is 288 Å². The van der Waals surface area contributed by atoms with Crippen LogP contribution in [0.1, 0.15) is 113 Å². The minimum absolute atomic E-state index is 0. The number of amides is 2. The molecule has 2 aromatic carbocycles. The predicted octanol–water partition coefficient (Wildman–Crippen LogP) is 6.04. The third-order valence-electron chi connectivity index (χ3n) is 16.1. The summed E-state index contributed by atoms with van der Waals surface area (Å²) in [4.78, 5) is 68.5. The Balaban J connectivity index is 0.000000315. The fraction of sp³-hybridized carbons (Fsp3) is 0.323. The van der Waals surface area contributed by atoms with E-state index in [0.717, 1.165) is 86.1 Å². The van der Waals surface area contributed by atoms with Crippen LogP contribution in [-0.4, -0.2) is 349 Å². The molecule has 12 rings (SSSR count). The van der Waals surface area contributed by atoms with Gasteiger partial charge in [0.15, 0.2) is 0 Å². The van der Waals surface area contributed by atoms with Gasteiger partial charge in [-0.05, 0) is 134 Å². The van der Waals surface area contributed by atoms with E-state index < -0.39 is 17.8 Å². The summed E-state index contributed by atoms with van der Waals surface area (Å²) in [5, 5.41) is 8.69. The summed E-state index contributed by atoms with van der Waals surface area (Å²) < 4.78 is 65.3. The molecule has 29 heteroatoms. The number of hydrogen-bond acceptors (Lipinski definition) is 13. The number of rotatable bonds is 14. The number of benzene rings is 2. The van der Waals surface area contributed by atoms with Crippen LogP contribution in [0.25, 0.3) is 45.2 Å². The molecule has 0 radical (unpaired) electrons. The fourth-order valence-electron chi connectivity index (χ4n) is 10.8. The Labute approximate surface area is 771 Å². The van der Waals surface area contributed by atoms with Crippen LogP contribution in [0.2, 0.25) is 0 Å². The number of anilines is 2. The van der Waals surface area contributed by atoms with E-state index in [1.165, 1.54) is 275 Å². The van der Waals surface area contributed by atoms with E-state index in [1.807, 2.05) is 86.6 Å². The van der Waals surface area contributed by atoms with Crippen LogP contribution >= 0.6 is 0 Å². The van der Waals surface area contributed by atoms with Crippen LogP contribution in [0.4, 0.5) is 29.2 Å². The average molecular weight is 1510 g/mol. The Kier molecular flexibility index (Phi) is 44.4. The molecule has 16 nitrogen and oxygen atoms in total. The van der Waals surface area contributed by atoms with Crippen molar-refractivity contribution in [3.05, 3.63) is 179 Å². The van der Waals surface area contributed by atoms with Crippen LogP contribution in [0, 0.1) is 25.7 Å². The topological polar surface area (TPSA) is 251 Å². The zero-order chi connectivity index (χ0) is 68.2. The minimum atomic E-state index is -2.70. The molecule has 8 heterocycles. The van der Waals surface area contributed by atoms with E-state index in [4.69, 9.17) is 31.1 Å². The number of aromatic nitrogens is 4. The maximum absolute atomic E-state index is 13.4. The van der Waals surface area contributed by atoms with E-state index in [-0.39, 0.29) is 146 Å². The third-order valence-corrected chi connectivity index (χ3v) is 16.1. The summed E-state index contributed by atoms with van der Waals surface area (Å²) in [6.45, 7) is 4.55. The first-order valence-electron chi connectivity index (χ1n) is 32.3. The number of aryl methyl sites for hydroxylation is 3. The van der Waals surface area contributed by atoms with Crippen molar-refractivity contribution in [2.75, 3.05) is 37.6 Å². The van der Waals surface area contributed by atoms with Crippen molar-refractivity contribution in [2.24, 2.45) is 17.6 Å². The van der Waals surface area contributed by atoms with Crippen LogP contribution < -0.4 is 68.6 Å². The molecule has 4 unspecified atom stereocenters. The van der Waals surface area contributed by atoms with Gasteiger partial charge in [0.2, 0.25) is 0 Å². The Hall–Kier alpha value is 5.69. The predicted molar refractivity (Wildman–Crippen MR) is 359 cm³/mol. The summed E-state index contributed by atoms with van der Waals surface area (Å²) in [6, 6.07) is 33.7. The summed E-state index contributed by atoms with van der Waals surface area (Å²) in [5.41, 5.74) is 26.7. The van der Waals surface area contributed by atoms with Gasteiger partial charge in [-0.15, -0.1) is 0 Å². The first-order valence-corrected chi connectivity index (χ1v) is 96.3. The van der Waals surface area contributed by atoms with Crippen LogP contribution in [0.5, 0.6) is 0 Å². The molecular weight excluding hydrogens is 1450 g/mol. The summed E-state index contributed by atoms with van der Waals surface area (Å²) in [7, 11) is 0. The van der Waals surface area contributed by atoms with Crippen LogP contribution in [0.15, 0.2) is 143 Å². The second-order valence-corrected chi connectivity index (χ2v) is 22.2. The van der Waals surface area contributed by atoms with Gasteiger partial charge in [0.1, 0.15) is 40.5 Å². The molecule has 94 heavy (non-hydrogen) atoms. The van der Waals surface area contributed by atoms with Gasteiger partial charge >= 0.3 is 310 Å². The number of ketones is 1. The van der Waals surface area contributed by atoms with Crippen molar-refractivity contribution in [3.63, 3.8) is 0 Å². The molecule has 2 amide bonds. The summed E-state index contributed by atoms with van der Waals surface area (Å²) in [6.07, 6.45) is 7.78. The number of aliphatic carboxylic acids is 1. The fourth-order valence-corrected chi connectivity index (χ4v) is 10.8. The van der Waals surface area contributed by atoms with E-state index in [2.05, 4.69) is 19.9 Å². The number of alkyl halides is 4. The molecule has 0 bridgehead atoms. The molecule has 450 valence electrons. The first-order chi connectivity index (χ1) is 44.7. The van der Waals surface area contributed by atoms with Gasteiger partial charge in [-0.3, -0.25) is 29.1 Å². The van der Waals surface area contributed by atoms with Gasteiger partial charge < -0.3 is 42.4 Å².